The van der Waals surface area contributed by atoms with Crippen LogP contribution in [-0.2, 0) is 12.7 Å². The molecule has 0 bridgehead atoms. The molecule has 0 saturated heterocycles. The van der Waals surface area contributed by atoms with Crippen LogP contribution in [-0.4, -0.2) is 12.7 Å². The molecule has 4 nitrogen and oxygen atoms in total. The highest BCUT2D eigenvalue weighted by Gasteiger charge is 2.30. The zero-order valence-electron chi connectivity index (χ0n) is 11.8. The molecule has 7 heteroatoms. The van der Waals surface area contributed by atoms with Crippen LogP contribution in [0.2, 0.25) is 0 Å². The summed E-state index contributed by atoms with van der Waals surface area (Å²) >= 11 is 0. The van der Waals surface area contributed by atoms with Gasteiger partial charge in [-0.3, -0.25) is 4.79 Å². The van der Waals surface area contributed by atoms with Gasteiger partial charge < -0.3 is 14.8 Å². The number of hydrogen-bond donors (Lipinski definition) is 1. The number of rotatable bonds is 3. The third-order valence-electron chi connectivity index (χ3n) is 3.36. The Hall–Kier alpha value is -2.70. The second-order valence-corrected chi connectivity index (χ2v) is 4.95. The second-order valence-electron chi connectivity index (χ2n) is 4.95. The number of halogens is 3. The largest absolute Gasteiger partial charge is 0.454 e. The highest BCUT2D eigenvalue weighted by molar-refractivity contribution is 5.94. The smallest absolute Gasteiger partial charge is 0.416 e. The molecule has 2 aromatic rings. The predicted molar refractivity (Wildman–Crippen MR) is 75.2 cm³/mol. The number of hydrogen-bond acceptors (Lipinski definition) is 3. The molecule has 3 rings (SSSR count). The number of fused-ring (bicyclic) bond motifs is 1. The van der Waals surface area contributed by atoms with Gasteiger partial charge in [-0.15, -0.1) is 0 Å². The van der Waals surface area contributed by atoms with Gasteiger partial charge in [0.15, 0.2) is 11.5 Å². The van der Waals surface area contributed by atoms with Gasteiger partial charge in [-0.25, -0.2) is 0 Å². The summed E-state index contributed by atoms with van der Waals surface area (Å²) in [4.78, 5) is 12.0. The number of alkyl halides is 3. The Balaban J connectivity index is 1.63. The first-order valence-corrected chi connectivity index (χ1v) is 6.77. The molecular formula is C16H12F3NO3. The summed E-state index contributed by atoms with van der Waals surface area (Å²) in [7, 11) is 0. The number of ether oxygens (including phenoxy) is 2. The van der Waals surface area contributed by atoms with Crippen molar-refractivity contribution in [1.29, 1.82) is 0 Å². The molecule has 120 valence electrons. The van der Waals surface area contributed by atoms with Gasteiger partial charge in [0.25, 0.3) is 5.91 Å². The Bertz CT molecular complexity index is 726. The van der Waals surface area contributed by atoms with E-state index in [4.69, 9.17) is 9.47 Å². The van der Waals surface area contributed by atoms with Crippen molar-refractivity contribution >= 4 is 5.91 Å². The highest BCUT2D eigenvalue weighted by Crippen LogP contribution is 2.32. The molecule has 0 radical (unpaired) electrons. The van der Waals surface area contributed by atoms with Crippen LogP contribution in [0.4, 0.5) is 13.2 Å². The van der Waals surface area contributed by atoms with Crippen LogP contribution >= 0.6 is 0 Å². The number of nitrogens with one attached hydrogen (secondary N) is 1. The minimum Gasteiger partial charge on any atom is -0.454 e. The molecule has 1 N–H and O–H groups in total. The van der Waals surface area contributed by atoms with Crippen LogP contribution in [0, 0.1) is 0 Å². The lowest BCUT2D eigenvalue weighted by Gasteiger charge is -2.09. The highest BCUT2D eigenvalue weighted by atomic mass is 19.4. The SMILES string of the molecule is O=C(NCc1ccc2c(c1)OCO2)c1ccc(C(F)(F)F)cc1. The Morgan fingerprint density at radius 3 is 2.43 bits per heavy atom. The van der Waals surface area contributed by atoms with Crippen molar-refractivity contribution in [3.8, 4) is 11.5 Å². The van der Waals surface area contributed by atoms with E-state index in [2.05, 4.69) is 5.32 Å². The van der Waals surface area contributed by atoms with Crippen LogP contribution in [0.5, 0.6) is 11.5 Å². The third kappa shape index (κ3) is 3.39. The van der Waals surface area contributed by atoms with E-state index in [-0.39, 0.29) is 18.9 Å². The van der Waals surface area contributed by atoms with Crippen LogP contribution < -0.4 is 14.8 Å². The molecule has 1 aliphatic heterocycles. The van der Waals surface area contributed by atoms with Crippen molar-refractivity contribution in [1.82, 2.24) is 5.32 Å². The van der Waals surface area contributed by atoms with Gasteiger partial charge >= 0.3 is 6.18 Å². The molecule has 0 atom stereocenters. The molecule has 0 aromatic heterocycles. The van der Waals surface area contributed by atoms with Crippen molar-refractivity contribution in [2.75, 3.05) is 6.79 Å². The van der Waals surface area contributed by atoms with Gasteiger partial charge in [0.05, 0.1) is 5.56 Å². The standard InChI is InChI=1S/C16H12F3NO3/c17-16(18,19)12-4-2-11(3-5-12)15(21)20-8-10-1-6-13-14(7-10)23-9-22-13/h1-7H,8-9H2,(H,20,21). The maximum Gasteiger partial charge on any atom is 0.416 e. The van der Waals surface area contributed by atoms with E-state index >= 15 is 0 Å². The van der Waals surface area contributed by atoms with Crippen LogP contribution in [0.3, 0.4) is 0 Å². The summed E-state index contributed by atoms with van der Waals surface area (Å²) in [5.74, 6) is 0.797. The van der Waals surface area contributed by atoms with E-state index in [9.17, 15) is 18.0 Å². The maximum absolute atomic E-state index is 12.5. The molecule has 1 aliphatic rings. The van der Waals surface area contributed by atoms with Crippen molar-refractivity contribution in [2.45, 2.75) is 12.7 Å². The van der Waals surface area contributed by atoms with Gasteiger partial charge in [0, 0.05) is 12.1 Å². The molecule has 0 saturated carbocycles. The van der Waals surface area contributed by atoms with E-state index in [1.54, 1.807) is 18.2 Å². The molecule has 2 aromatic carbocycles. The zero-order valence-corrected chi connectivity index (χ0v) is 11.8. The van der Waals surface area contributed by atoms with E-state index < -0.39 is 17.6 Å². The van der Waals surface area contributed by atoms with Gasteiger partial charge in [0.2, 0.25) is 6.79 Å². The quantitative estimate of drug-likeness (QED) is 0.942. The topological polar surface area (TPSA) is 47.6 Å². The molecule has 23 heavy (non-hydrogen) atoms. The van der Waals surface area contributed by atoms with Crippen LogP contribution in [0.25, 0.3) is 0 Å². The van der Waals surface area contributed by atoms with E-state index in [0.29, 0.717) is 11.5 Å². The summed E-state index contributed by atoms with van der Waals surface area (Å²) in [6.07, 6.45) is -4.42. The average molecular weight is 323 g/mol. The number of carbonyl (C=O) groups excluding carboxylic acids is 1. The van der Waals surface area contributed by atoms with Crippen molar-refractivity contribution in [3.63, 3.8) is 0 Å². The molecule has 0 unspecified atom stereocenters. The van der Waals surface area contributed by atoms with Gasteiger partial charge in [-0.05, 0) is 42.0 Å². The van der Waals surface area contributed by atoms with E-state index in [1.165, 1.54) is 0 Å². The Labute approximate surface area is 129 Å². The fourth-order valence-corrected chi connectivity index (χ4v) is 2.15. The average Bonchev–Trinajstić information content (AvgIpc) is 2.99. The second kappa shape index (κ2) is 5.83. The lowest BCUT2D eigenvalue weighted by Crippen LogP contribution is -2.22. The monoisotopic (exact) mass is 323 g/mol. The Kier molecular flexibility index (Phi) is 3.85. The molecule has 0 fully saturated rings. The molecule has 0 aliphatic carbocycles. The summed E-state index contributed by atoms with van der Waals surface area (Å²) in [5.41, 5.74) is 0.179. The van der Waals surface area contributed by atoms with Gasteiger partial charge in [-0.2, -0.15) is 13.2 Å². The minimum absolute atomic E-state index is 0.163. The molecule has 1 heterocycles. The number of benzene rings is 2. The fourth-order valence-electron chi connectivity index (χ4n) is 2.15. The summed E-state index contributed by atoms with van der Waals surface area (Å²) in [5, 5.41) is 2.65. The van der Waals surface area contributed by atoms with Crippen molar-refractivity contribution in [3.05, 3.63) is 59.2 Å². The summed E-state index contributed by atoms with van der Waals surface area (Å²) in [6, 6.07) is 9.33. The van der Waals surface area contributed by atoms with Crippen molar-refractivity contribution < 1.29 is 27.4 Å². The number of amides is 1. The predicted octanol–water partition coefficient (Wildman–Crippen LogP) is 3.36. The normalized spacial score (nSPS) is 13.0. The third-order valence-corrected chi connectivity index (χ3v) is 3.36. The van der Waals surface area contributed by atoms with E-state index in [1.807, 2.05) is 0 Å². The maximum atomic E-state index is 12.5. The molecule has 0 spiro atoms. The Morgan fingerprint density at radius 2 is 1.74 bits per heavy atom. The van der Waals surface area contributed by atoms with Crippen molar-refractivity contribution in [2.24, 2.45) is 0 Å². The lowest BCUT2D eigenvalue weighted by atomic mass is 10.1. The van der Waals surface area contributed by atoms with Crippen LogP contribution in [0.15, 0.2) is 42.5 Å². The Morgan fingerprint density at radius 1 is 1.04 bits per heavy atom. The van der Waals surface area contributed by atoms with Gasteiger partial charge in [-0.1, -0.05) is 6.07 Å². The number of carbonyl (C=O) groups is 1. The molecular weight excluding hydrogens is 311 g/mol. The first kappa shape index (κ1) is 15.2. The van der Waals surface area contributed by atoms with E-state index in [0.717, 1.165) is 29.8 Å². The lowest BCUT2D eigenvalue weighted by molar-refractivity contribution is -0.137. The summed E-state index contributed by atoms with van der Waals surface area (Å²) < 4.78 is 47.8. The first-order chi connectivity index (χ1) is 10.9. The van der Waals surface area contributed by atoms with Crippen LogP contribution in [0.1, 0.15) is 21.5 Å². The first-order valence-electron chi connectivity index (χ1n) is 6.77. The fraction of sp³-hybridized carbons (Fsp3) is 0.188. The van der Waals surface area contributed by atoms with Gasteiger partial charge in [0.1, 0.15) is 0 Å². The minimum atomic E-state index is -4.42. The molecule has 1 amide bonds. The summed E-state index contributed by atoms with van der Waals surface area (Å²) in [6.45, 7) is 0.396. The zero-order chi connectivity index (χ0) is 16.4.